The summed E-state index contributed by atoms with van der Waals surface area (Å²) in [5.74, 6) is 0. The van der Waals surface area contributed by atoms with Crippen molar-refractivity contribution in [2.75, 3.05) is 19.6 Å². The molecule has 2 fully saturated rings. The van der Waals surface area contributed by atoms with Gasteiger partial charge in [0.25, 0.3) is 0 Å². The van der Waals surface area contributed by atoms with Crippen LogP contribution in [0.2, 0.25) is 0 Å². The molecule has 0 radical (unpaired) electrons. The zero-order valence-corrected chi connectivity index (χ0v) is 12.4. The van der Waals surface area contributed by atoms with E-state index in [2.05, 4.69) is 22.8 Å². The van der Waals surface area contributed by atoms with Gasteiger partial charge in [-0.25, -0.2) is 4.79 Å². The molecule has 1 spiro atoms. The van der Waals surface area contributed by atoms with Gasteiger partial charge in [-0.15, -0.1) is 11.3 Å². The number of thiophene rings is 1. The highest BCUT2D eigenvalue weighted by Crippen LogP contribution is 2.49. The lowest BCUT2D eigenvalue weighted by molar-refractivity contribution is -0.0845. The maximum Gasteiger partial charge on any atom is 0.410 e. The van der Waals surface area contributed by atoms with Gasteiger partial charge in [-0.2, -0.15) is 0 Å². The van der Waals surface area contributed by atoms with E-state index in [4.69, 9.17) is 4.74 Å². The predicted molar refractivity (Wildman–Crippen MR) is 75.3 cm³/mol. The van der Waals surface area contributed by atoms with Crippen molar-refractivity contribution in [3.05, 3.63) is 22.4 Å². The zero-order chi connectivity index (χ0) is 13.7. The molecule has 0 aromatic carbocycles. The molecule has 1 aromatic heterocycles. The number of rotatable bonds is 1. The summed E-state index contributed by atoms with van der Waals surface area (Å²) in [6, 6.07) is 4.66. The molecule has 0 saturated carbocycles. The summed E-state index contributed by atoms with van der Waals surface area (Å²) in [6.07, 6.45) is -0.185. The van der Waals surface area contributed by atoms with Crippen molar-refractivity contribution in [1.29, 1.82) is 0 Å². The lowest BCUT2D eigenvalue weighted by atomic mass is 9.67. The minimum Gasteiger partial charge on any atom is -0.444 e. The Morgan fingerprint density at radius 2 is 2.26 bits per heavy atom. The van der Waals surface area contributed by atoms with Gasteiger partial charge in [-0.1, -0.05) is 6.07 Å². The van der Waals surface area contributed by atoms with E-state index in [9.17, 15) is 4.79 Å². The molecule has 3 rings (SSSR count). The molecule has 0 bridgehead atoms. The van der Waals surface area contributed by atoms with E-state index < -0.39 is 5.60 Å². The van der Waals surface area contributed by atoms with Crippen LogP contribution in [0.5, 0.6) is 0 Å². The first kappa shape index (κ1) is 12.9. The van der Waals surface area contributed by atoms with Gasteiger partial charge in [-0.3, -0.25) is 0 Å². The number of amides is 1. The summed E-state index contributed by atoms with van der Waals surface area (Å²) >= 11 is 1.78. The van der Waals surface area contributed by atoms with Gasteiger partial charge in [-0.05, 0) is 32.2 Å². The summed E-state index contributed by atoms with van der Waals surface area (Å²) in [6.45, 7) is 8.31. The Bertz CT molecular complexity index is 472. The van der Waals surface area contributed by atoms with Gasteiger partial charge in [0.15, 0.2) is 0 Å². The molecule has 4 nitrogen and oxygen atoms in total. The van der Waals surface area contributed by atoms with Gasteiger partial charge in [0.05, 0.1) is 6.04 Å². The van der Waals surface area contributed by atoms with Crippen LogP contribution in [0.1, 0.15) is 31.7 Å². The lowest BCUT2D eigenvalue weighted by Gasteiger charge is -2.60. The first-order valence-corrected chi connectivity index (χ1v) is 7.52. The minimum absolute atomic E-state index is 0.185. The average Bonchev–Trinajstić information content (AvgIpc) is 2.63. The molecular formula is C14H20N2O2S. The molecule has 104 valence electrons. The minimum atomic E-state index is -0.412. The highest BCUT2D eigenvalue weighted by atomic mass is 32.1. The maximum atomic E-state index is 11.9. The molecule has 2 aliphatic rings. The van der Waals surface area contributed by atoms with Crippen molar-refractivity contribution < 1.29 is 9.53 Å². The first-order chi connectivity index (χ1) is 8.90. The Labute approximate surface area is 117 Å². The van der Waals surface area contributed by atoms with Crippen molar-refractivity contribution in [2.45, 2.75) is 32.4 Å². The predicted octanol–water partition coefficient (Wildman–Crippen LogP) is 2.63. The molecule has 1 atom stereocenters. The number of carbonyl (C=O) groups excluding carboxylic acids is 1. The molecule has 2 saturated heterocycles. The Hall–Kier alpha value is -1.07. The summed E-state index contributed by atoms with van der Waals surface area (Å²) < 4.78 is 5.40. The molecule has 0 unspecified atom stereocenters. The third-order valence-electron chi connectivity index (χ3n) is 3.76. The first-order valence-electron chi connectivity index (χ1n) is 6.64. The summed E-state index contributed by atoms with van der Waals surface area (Å²) in [4.78, 5) is 15.1. The van der Waals surface area contributed by atoms with Crippen molar-refractivity contribution >= 4 is 17.4 Å². The second-order valence-corrected chi connectivity index (χ2v) is 7.51. The van der Waals surface area contributed by atoms with Gasteiger partial charge in [0.1, 0.15) is 5.60 Å². The van der Waals surface area contributed by atoms with Crippen molar-refractivity contribution in [2.24, 2.45) is 5.41 Å². The molecule has 1 N–H and O–H groups in total. The Kier molecular flexibility index (Phi) is 2.87. The van der Waals surface area contributed by atoms with E-state index in [1.807, 2.05) is 25.7 Å². The summed E-state index contributed by atoms with van der Waals surface area (Å²) in [7, 11) is 0. The number of hydrogen-bond donors (Lipinski definition) is 1. The number of carbonyl (C=O) groups is 1. The Morgan fingerprint density at radius 3 is 2.74 bits per heavy atom. The lowest BCUT2D eigenvalue weighted by Crippen LogP contribution is -2.73. The number of nitrogens with one attached hydrogen (secondary N) is 1. The van der Waals surface area contributed by atoms with Crippen LogP contribution in [0.4, 0.5) is 4.79 Å². The SMILES string of the molecule is CC(C)(C)OC(=O)N1CC2(CN[C@H]2c2cccs2)C1. The molecule has 5 heteroatoms. The number of hydrogen-bond acceptors (Lipinski definition) is 4. The van der Waals surface area contributed by atoms with Crippen molar-refractivity contribution in [3.8, 4) is 0 Å². The Morgan fingerprint density at radius 1 is 1.53 bits per heavy atom. The number of nitrogens with zero attached hydrogens (tertiary/aromatic N) is 1. The second kappa shape index (κ2) is 4.21. The molecule has 2 aliphatic heterocycles. The standard InChI is InChI=1S/C14H20N2O2S/c1-13(2,3)18-12(17)16-8-14(9-16)7-15-11(14)10-5-4-6-19-10/h4-6,11,15H,7-9H2,1-3H3/t11-/m0/s1. The number of likely N-dealkylation sites (tertiary alicyclic amines) is 1. The van der Waals surface area contributed by atoms with E-state index in [-0.39, 0.29) is 11.5 Å². The van der Waals surface area contributed by atoms with Crippen LogP contribution in [0.15, 0.2) is 17.5 Å². The summed E-state index contributed by atoms with van der Waals surface area (Å²) in [5.41, 5.74) is -0.174. The maximum absolute atomic E-state index is 11.9. The van der Waals surface area contributed by atoms with E-state index >= 15 is 0 Å². The van der Waals surface area contributed by atoms with Crippen molar-refractivity contribution in [3.63, 3.8) is 0 Å². The van der Waals surface area contributed by atoms with E-state index in [1.165, 1.54) is 4.88 Å². The molecule has 3 heterocycles. The fourth-order valence-electron chi connectivity index (χ4n) is 2.81. The molecule has 1 amide bonds. The van der Waals surface area contributed by atoms with E-state index in [0.29, 0.717) is 6.04 Å². The van der Waals surface area contributed by atoms with E-state index in [0.717, 1.165) is 19.6 Å². The quantitative estimate of drug-likeness (QED) is 0.860. The van der Waals surface area contributed by atoms with Crippen LogP contribution in [-0.2, 0) is 4.74 Å². The van der Waals surface area contributed by atoms with Crippen LogP contribution in [0, 0.1) is 5.41 Å². The number of ether oxygens (including phenoxy) is 1. The van der Waals surface area contributed by atoms with Crippen molar-refractivity contribution in [1.82, 2.24) is 10.2 Å². The van der Waals surface area contributed by atoms with Gasteiger partial charge < -0.3 is 15.0 Å². The third kappa shape index (κ3) is 2.25. The van der Waals surface area contributed by atoms with Crippen LogP contribution in [0.25, 0.3) is 0 Å². The zero-order valence-electron chi connectivity index (χ0n) is 11.6. The third-order valence-corrected chi connectivity index (χ3v) is 4.70. The largest absolute Gasteiger partial charge is 0.444 e. The molecule has 1 aromatic rings. The fourth-order valence-corrected chi connectivity index (χ4v) is 3.76. The van der Waals surface area contributed by atoms with Gasteiger partial charge >= 0.3 is 6.09 Å². The summed E-state index contributed by atoms with van der Waals surface area (Å²) in [5, 5.41) is 5.58. The average molecular weight is 280 g/mol. The van der Waals surface area contributed by atoms with Crippen LogP contribution >= 0.6 is 11.3 Å². The highest BCUT2D eigenvalue weighted by molar-refractivity contribution is 7.10. The van der Waals surface area contributed by atoms with Crippen LogP contribution < -0.4 is 5.32 Å². The highest BCUT2D eigenvalue weighted by Gasteiger charge is 2.57. The van der Waals surface area contributed by atoms with Crippen LogP contribution in [-0.4, -0.2) is 36.2 Å². The van der Waals surface area contributed by atoms with Gasteiger partial charge in [0.2, 0.25) is 0 Å². The normalized spacial score (nSPS) is 24.8. The second-order valence-electron chi connectivity index (χ2n) is 6.53. The monoisotopic (exact) mass is 280 g/mol. The molecular weight excluding hydrogens is 260 g/mol. The fraction of sp³-hybridized carbons (Fsp3) is 0.643. The van der Waals surface area contributed by atoms with Crippen LogP contribution in [0.3, 0.4) is 0 Å². The Balaban J connectivity index is 1.59. The molecule has 0 aliphatic carbocycles. The smallest absolute Gasteiger partial charge is 0.410 e. The van der Waals surface area contributed by atoms with E-state index in [1.54, 1.807) is 11.3 Å². The molecule has 19 heavy (non-hydrogen) atoms. The topological polar surface area (TPSA) is 41.6 Å². The van der Waals surface area contributed by atoms with Gasteiger partial charge in [0, 0.05) is 29.9 Å².